The fraction of sp³-hybridized carbons (Fsp3) is 0.375. The zero-order chi connectivity index (χ0) is 11.6. The maximum Gasteiger partial charge on any atom is 0.418 e. The van der Waals surface area contributed by atoms with E-state index in [1.54, 1.807) is 0 Å². The van der Waals surface area contributed by atoms with E-state index in [2.05, 4.69) is 9.72 Å². The highest BCUT2D eigenvalue weighted by Gasteiger charge is 2.41. The number of methoxy groups -OCH3 is 1. The van der Waals surface area contributed by atoms with Gasteiger partial charge < -0.3 is 9.84 Å². The summed E-state index contributed by atoms with van der Waals surface area (Å²) in [5.74, 6) is -0.340. The van der Waals surface area contributed by atoms with Crippen molar-refractivity contribution in [3.05, 3.63) is 22.8 Å². The Morgan fingerprint density at radius 3 is 2.53 bits per heavy atom. The number of aliphatic hydroxyl groups is 1. The maximum atomic E-state index is 12.2. The van der Waals surface area contributed by atoms with Crippen molar-refractivity contribution in [2.45, 2.75) is 12.3 Å². The van der Waals surface area contributed by atoms with Crippen LogP contribution in [0.1, 0.15) is 11.7 Å². The van der Waals surface area contributed by atoms with Crippen molar-refractivity contribution < 1.29 is 23.0 Å². The minimum absolute atomic E-state index is 0.00928. The largest absolute Gasteiger partial charge is 0.481 e. The smallest absolute Gasteiger partial charge is 0.418 e. The van der Waals surface area contributed by atoms with Crippen LogP contribution in [0.2, 0.25) is 5.15 Å². The van der Waals surface area contributed by atoms with Crippen LogP contribution in [-0.4, -0.2) is 23.4 Å². The summed E-state index contributed by atoms with van der Waals surface area (Å²) in [4.78, 5) is 3.51. The third-order valence-corrected chi connectivity index (χ3v) is 1.86. The van der Waals surface area contributed by atoms with Crippen molar-refractivity contribution in [2.24, 2.45) is 0 Å². The van der Waals surface area contributed by atoms with E-state index in [0.29, 0.717) is 0 Å². The van der Waals surface area contributed by atoms with Crippen LogP contribution in [0.3, 0.4) is 0 Å². The van der Waals surface area contributed by atoms with E-state index in [1.807, 2.05) is 0 Å². The summed E-state index contributed by atoms with van der Waals surface area (Å²) in [7, 11) is 1.14. The second-order valence-corrected chi connectivity index (χ2v) is 3.06. The van der Waals surface area contributed by atoms with Crippen molar-refractivity contribution in [1.29, 1.82) is 0 Å². The number of pyridine rings is 1. The van der Waals surface area contributed by atoms with Crippen LogP contribution >= 0.6 is 11.6 Å². The van der Waals surface area contributed by atoms with Gasteiger partial charge in [0.2, 0.25) is 5.88 Å². The molecule has 0 fully saturated rings. The lowest BCUT2D eigenvalue weighted by molar-refractivity contribution is -0.207. The first kappa shape index (κ1) is 12.1. The Kier molecular flexibility index (Phi) is 3.41. The van der Waals surface area contributed by atoms with Gasteiger partial charge in [-0.3, -0.25) is 0 Å². The molecule has 0 saturated carbocycles. The number of hydrogen-bond acceptors (Lipinski definition) is 3. The third kappa shape index (κ3) is 2.73. The van der Waals surface area contributed by atoms with Gasteiger partial charge in [-0.05, 0) is 12.1 Å². The molecule has 0 aliphatic rings. The summed E-state index contributed by atoms with van der Waals surface area (Å²) < 4.78 is 41.1. The van der Waals surface area contributed by atoms with Crippen molar-refractivity contribution in [3.63, 3.8) is 0 Å². The van der Waals surface area contributed by atoms with Crippen LogP contribution in [0.15, 0.2) is 12.1 Å². The topological polar surface area (TPSA) is 42.4 Å². The number of alkyl halides is 3. The van der Waals surface area contributed by atoms with Crippen LogP contribution in [0.25, 0.3) is 0 Å². The number of halogens is 4. The van der Waals surface area contributed by atoms with Crippen LogP contribution < -0.4 is 4.74 Å². The average Bonchev–Trinajstić information content (AvgIpc) is 2.15. The maximum absolute atomic E-state index is 12.2. The van der Waals surface area contributed by atoms with Gasteiger partial charge in [-0.2, -0.15) is 13.2 Å². The summed E-state index contributed by atoms with van der Waals surface area (Å²) in [6.07, 6.45) is -7.39. The van der Waals surface area contributed by atoms with E-state index in [9.17, 15) is 13.2 Å². The highest BCUT2D eigenvalue weighted by molar-refractivity contribution is 6.29. The zero-order valence-electron chi connectivity index (χ0n) is 7.55. The van der Waals surface area contributed by atoms with Gasteiger partial charge in [0.1, 0.15) is 5.15 Å². The summed E-state index contributed by atoms with van der Waals surface area (Å²) in [6, 6.07) is 2.17. The average molecular weight is 242 g/mol. The summed E-state index contributed by atoms with van der Waals surface area (Å²) in [6.45, 7) is 0. The van der Waals surface area contributed by atoms with Gasteiger partial charge in [0.05, 0.1) is 12.7 Å². The van der Waals surface area contributed by atoms with E-state index in [4.69, 9.17) is 16.7 Å². The molecule has 15 heavy (non-hydrogen) atoms. The van der Waals surface area contributed by atoms with Crippen LogP contribution in [0, 0.1) is 0 Å². The molecule has 1 aromatic heterocycles. The van der Waals surface area contributed by atoms with Crippen molar-refractivity contribution >= 4 is 11.6 Å². The monoisotopic (exact) mass is 241 g/mol. The minimum Gasteiger partial charge on any atom is -0.481 e. The van der Waals surface area contributed by atoms with E-state index in [1.165, 1.54) is 0 Å². The summed E-state index contributed by atoms with van der Waals surface area (Å²) in [5, 5.41) is 8.96. The fourth-order valence-corrected chi connectivity index (χ4v) is 1.12. The second kappa shape index (κ2) is 4.24. The molecule has 0 amide bonds. The first-order chi connectivity index (χ1) is 6.86. The fourth-order valence-electron chi connectivity index (χ4n) is 0.977. The van der Waals surface area contributed by atoms with E-state index < -0.39 is 17.8 Å². The van der Waals surface area contributed by atoms with Gasteiger partial charge in [-0.1, -0.05) is 11.6 Å². The van der Waals surface area contributed by atoms with E-state index >= 15 is 0 Å². The van der Waals surface area contributed by atoms with Gasteiger partial charge >= 0.3 is 6.18 Å². The van der Waals surface area contributed by atoms with Crippen LogP contribution in [0.5, 0.6) is 5.88 Å². The molecular weight excluding hydrogens is 235 g/mol. The normalized spacial score (nSPS) is 13.7. The molecule has 0 bridgehead atoms. The molecule has 0 spiro atoms. The predicted molar refractivity (Wildman–Crippen MR) is 46.8 cm³/mol. The molecule has 0 saturated heterocycles. The molecular formula is C8H7ClF3NO2. The van der Waals surface area contributed by atoms with Crippen LogP contribution in [0.4, 0.5) is 13.2 Å². The Hall–Kier alpha value is -1.01. The van der Waals surface area contributed by atoms with Gasteiger partial charge in [0, 0.05) is 0 Å². The first-order valence-corrected chi connectivity index (χ1v) is 4.19. The number of hydrogen-bond donors (Lipinski definition) is 1. The van der Waals surface area contributed by atoms with Gasteiger partial charge in [0.25, 0.3) is 0 Å². The molecule has 0 radical (unpaired) electrons. The number of nitrogens with zero attached hydrogens (tertiary/aromatic N) is 1. The molecule has 0 aliphatic heterocycles. The van der Waals surface area contributed by atoms with E-state index in [0.717, 1.165) is 19.2 Å². The molecule has 1 rings (SSSR count). The Morgan fingerprint density at radius 1 is 1.47 bits per heavy atom. The number of ether oxygens (including phenoxy) is 1. The Morgan fingerprint density at radius 2 is 2.07 bits per heavy atom. The zero-order valence-corrected chi connectivity index (χ0v) is 8.30. The molecule has 0 aromatic carbocycles. The number of rotatable bonds is 2. The van der Waals surface area contributed by atoms with Crippen LogP contribution in [-0.2, 0) is 0 Å². The van der Waals surface area contributed by atoms with E-state index in [-0.39, 0.29) is 11.0 Å². The lowest BCUT2D eigenvalue weighted by Crippen LogP contribution is -2.21. The molecule has 1 heterocycles. The lowest BCUT2D eigenvalue weighted by atomic mass is 10.1. The van der Waals surface area contributed by atoms with Gasteiger partial charge in [0.15, 0.2) is 6.10 Å². The Labute approximate surface area is 88.5 Å². The first-order valence-electron chi connectivity index (χ1n) is 3.81. The Bertz CT molecular complexity index is 356. The quantitative estimate of drug-likeness (QED) is 0.808. The molecule has 84 valence electrons. The number of aromatic nitrogens is 1. The molecule has 3 nitrogen and oxygen atoms in total. The standard InChI is InChI=1S/C8H7ClF3NO2/c1-15-7-4(2-3-5(9)13-7)6(14)8(10,11)12/h2-3,6,14H,1H3. The molecule has 1 unspecified atom stereocenters. The van der Waals surface area contributed by atoms with Crippen molar-refractivity contribution in [2.75, 3.05) is 7.11 Å². The highest BCUT2D eigenvalue weighted by atomic mass is 35.5. The molecule has 1 atom stereocenters. The SMILES string of the molecule is COc1nc(Cl)ccc1C(O)C(F)(F)F. The molecule has 7 heteroatoms. The number of aliphatic hydroxyl groups excluding tert-OH is 1. The lowest BCUT2D eigenvalue weighted by Gasteiger charge is -2.16. The Balaban J connectivity index is 3.14. The molecule has 1 N–H and O–H groups in total. The summed E-state index contributed by atoms with van der Waals surface area (Å²) >= 11 is 5.46. The third-order valence-electron chi connectivity index (χ3n) is 1.65. The molecule has 1 aromatic rings. The minimum atomic E-state index is -4.76. The van der Waals surface area contributed by atoms with Crippen molar-refractivity contribution in [1.82, 2.24) is 4.98 Å². The predicted octanol–water partition coefficient (Wildman–Crippen LogP) is 2.34. The van der Waals surface area contributed by atoms with Gasteiger partial charge in [-0.25, -0.2) is 4.98 Å². The summed E-state index contributed by atoms with van der Waals surface area (Å²) in [5.41, 5.74) is -0.464. The highest BCUT2D eigenvalue weighted by Crippen LogP contribution is 2.36. The second-order valence-electron chi connectivity index (χ2n) is 2.68. The van der Waals surface area contributed by atoms with Crippen molar-refractivity contribution in [3.8, 4) is 5.88 Å². The van der Waals surface area contributed by atoms with Gasteiger partial charge in [-0.15, -0.1) is 0 Å². The molecule has 0 aliphatic carbocycles.